The highest BCUT2D eigenvalue weighted by molar-refractivity contribution is 5.76. The predicted octanol–water partition coefficient (Wildman–Crippen LogP) is 1.48. The molecule has 0 spiro atoms. The fourth-order valence-corrected chi connectivity index (χ4v) is 4.22. The van der Waals surface area contributed by atoms with Gasteiger partial charge in [-0.3, -0.25) is 4.79 Å². The number of nitrogens with one attached hydrogen (secondary N) is 1. The van der Waals surface area contributed by atoms with Crippen LogP contribution in [0.25, 0.3) is 0 Å². The first-order valence-electron chi connectivity index (χ1n) is 11.9. The molecule has 184 valence electrons. The summed E-state index contributed by atoms with van der Waals surface area (Å²) in [5.41, 5.74) is 1.17. The van der Waals surface area contributed by atoms with E-state index in [4.69, 9.17) is 10.2 Å². The van der Waals surface area contributed by atoms with Crippen LogP contribution in [0.1, 0.15) is 44.1 Å². The summed E-state index contributed by atoms with van der Waals surface area (Å²) in [5.74, 6) is -0.537. The number of unbranched alkanes of at least 4 members (excludes halogenated alkanes) is 1. The number of carbonyl (C=O) groups excluding carboxylic acids is 1. The third-order valence-electron chi connectivity index (χ3n) is 6.20. The Morgan fingerprint density at radius 3 is 2.52 bits per heavy atom. The molecular formula is C26H39NO6. The van der Waals surface area contributed by atoms with Gasteiger partial charge in [0, 0.05) is 18.8 Å². The zero-order valence-corrected chi connectivity index (χ0v) is 19.2. The molecule has 1 aliphatic rings. The van der Waals surface area contributed by atoms with E-state index < -0.39 is 24.4 Å². The molecule has 0 bridgehead atoms. The third-order valence-corrected chi connectivity index (χ3v) is 6.20. The number of amides is 1. The summed E-state index contributed by atoms with van der Waals surface area (Å²) in [6, 6.07) is 9.36. The molecule has 1 amide bonds. The van der Waals surface area contributed by atoms with Crippen LogP contribution < -0.4 is 5.32 Å². The number of aliphatic hydroxyl groups is 5. The zero-order valence-electron chi connectivity index (χ0n) is 19.2. The van der Waals surface area contributed by atoms with E-state index in [0.717, 1.165) is 6.42 Å². The quantitative estimate of drug-likeness (QED) is 0.184. The van der Waals surface area contributed by atoms with E-state index in [1.54, 1.807) is 6.08 Å². The summed E-state index contributed by atoms with van der Waals surface area (Å²) in [6.45, 7) is -0.589. The minimum Gasteiger partial charge on any atom is -0.394 e. The summed E-state index contributed by atoms with van der Waals surface area (Å²) in [4.78, 5) is 11.7. The van der Waals surface area contributed by atoms with Crippen molar-refractivity contribution in [2.45, 2.75) is 69.3 Å². The Morgan fingerprint density at radius 2 is 1.82 bits per heavy atom. The van der Waals surface area contributed by atoms with Gasteiger partial charge in [0.25, 0.3) is 0 Å². The predicted molar refractivity (Wildman–Crippen MR) is 127 cm³/mol. The van der Waals surface area contributed by atoms with Crippen LogP contribution in [0.5, 0.6) is 0 Å². The SMILES string of the molecule is O=C(CCCC=CC[C@@H]1[C@@H](C=C[C@@H](O)CCc2ccccc2)[C@H](O)C[C@@H]1O)NC(CO)CO. The second kappa shape index (κ2) is 15.0. The van der Waals surface area contributed by atoms with Crippen LogP contribution in [0.4, 0.5) is 0 Å². The van der Waals surface area contributed by atoms with Gasteiger partial charge in [-0.15, -0.1) is 0 Å². The van der Waals surface area contributed by atoms with Crippen LogP contribution in [0.2, 0.25) is 0 Å². The Kier molecular flexibility index (Phi) is 12.4. The van der Waals surface area contributed by atoms with Crippen molar-refractivity contribution < 1.29 is 30.3 Å². The summed E-state index contributed by atoms with van der Waals surface area (Å²) in [7, 11) is 0. The van der Waals surface area contributed by atoms with Crippen molar-refractivity contribution in [1.29, 1.82) is 0 Å². The summed E-state index contributed by atoms with van der Waals surface area (Å²) in [5, 5.41) is 51.6. The maximum atomic E-state index is 11.7. The van der Waals surface area contributed by atoms with Crippen molar-refractivity contribution in [2.75, 3.05) is 13.2 Å². The average molecular weight is 462 g/mol. The Balaban J connectivity index is 1.74. The maximum absolute atomic E-state index is 11.7. The molecule has 0 radical (unpaired) electrons. The fourth-order valence-electron chi connectivity index (χ4n) is 4.22. The van der Waals surface area contributed by atoms with Crippen LogP contribution in [0.3, 0.4) is 0 Å². The highest BCUT2D eigenvalue weighted by Crippen LogP contribution is 2.36. The van der Waals surface area contributed by atoms with E-state index in [2.05, 4.69) is 5.32 Å². The number of benzene rings is 1. The molecule has 2 rings (SSSR count). The van der Waals surface area contributed by atoms with Crippen LogP contribution in [-0.4, -0.2) is 69.0 Å². The van der Waals surface area contributed by atoms with Gasteiger partial charge in [0.2, 0.25) is 5.91 Å². The lowest BCUT2D eigenvalue weighted by atomic mass is 9.89. The average Bonchev–Trinajstić information content (AvgIpc) is 3.09. The molecule has 33 heavy (non-hydrogen) atoms. The standard InChI is InChI=1S/C26H39NO6/c28-17-20(18-29)27-26(33)11-7-2-1-6-10-22-23(25(32)16-24(22)31)15-14-21(30)13-12-19-8-4-3-5-9-19/h1,3-6,8-9,14-15,20-25,28-32H,2,7,10-13,16-18H2,(H,27,33)/t21-,22+,23+,24-,25+/m0/s1. The number of aliphatic hydroxyl groups excluding tert-OH is 5. The molecule has 7 nitrogen and oxygen atoms in total. The Morgan fingerprint density at radius 1 is 1.09 bits per heavy atom. The number of rotatable bonds is 14. The van der Waals surface area contributed by atoms with Crippen LogP contribution >= 0.6 is 0 Å². The normalized spacial score (nSPS) is 24.2. The largest absolute Gasteiger partial charge is 0.394 e. The molecule has 7 heteroatoms. The second-order valence-corrected chi connectivity index (χ2v) is 8.82. The summed E-state index contributed by atoms with van der Waals surface area (Å²) in [6.07, 6.45) is 9.62. The van der Waals surface area contributed by atoms with Crippen molar-refractivity contribution in [3.05, 3.63) is 60.2 Å². The number of carbonyl (C=O) groups is 1. The first-order chi connectivity index (χ1) is 15.9. The van der Waals surface area contributed by atoms with Crippen molar-refractivity contribution in [3.63, 3.8) is 0 Å². The zero-order chi connectivity index (χ0) is 24.1. The maximum Gasteiger partial charge on any atom is 0.220 e. The van der Waals surface area contributed by atoms with E-state index in [-0.39, 0.29) is 31.0 Å². The van der Waals surface area contributed by atoms with Gasteiger partial charge in [-0.2, -0.15) is 0 Å². The number of aryl methyl sites for hydroxylation is 1. The van der Waals surface area contributed by atoms with E-state index in [1.807, 2.05) is 48.6 Å². The van der Waals surface area contributed by atoms with Crippen molar-refractivity contribution >= 4 is 5.91 Å². The van der Waals surface area contributed by atoms with Crippen molar-refractivity contribution in [1.82, 2.24) is 5.32 Å². The van der Waals surface area contributed by atoms with Crippen LogP contribution in [-0.2, 0) is 11.2 Å². The van der Waals surface area contributed by atoms with Gasteiger partial charge in [-0.25, -0.2) is 0 Å². The van der Waals surface area contributed by atoms with Gasteiger partial charge in [0.1, 0.15) is 0 Å². The van der Waals surface area contributed by atoms with Gasteiger partial charge in [-0.05, 0) is 43.6 Å². The van der Waals surface area contributed by atoms with Crippen LogP contribution in [0.15, 0.2) is 54.6 Å². The molecule has 1 fully saturated rings. The lowest BCUT2D eigenvalue weighted by Crippen LogP contribution is -2.39. The topological polar surface area (TPSA) is 130 Å². The first-order valence-corrected chi connectivity index (χ1v) is 11.9. The van der Waals surface area contributed by atoms with E-state index in [0.29, 0.717) is 38.5 Å². The minimum absolute atomic E-state index is 0.119. The number of allylic oxidation sites excluding steroid dienone is 2. The van der Waals surface area contributed by atoms with Gasteiger partial charge in [0.05, 0.1) is 37.6 Å². The fraction of sp³-hybridized carbons (Fsp3) is 0.577. The van der Waals surface area contributed by atoms with E-state index in [9.17, 15) is 20.1 Å². The molecule has 1 aliphatic carbocycles. The molecule has 1 aromatic rings. The molecule has 5 atom stereocenters. The smallest absolute Gasteiger partial charge is 0.220 e. The van der Waals surface area contributed by atoms with Crippen LogP contribution in [0, 0.1) is 11.8 Å². The molecule has 0 saturated heterocycles. The summed E-state index contributed by atoms with van der Waals surface area (Å²) >= 11 is 0. The molecule has 0 heterocycles. The molecule has 1 saturated carbocycles. The lowest BCUT2D eigenvalue weighted by Gasteiger charge is -2.19. The van der Waals surface area contributed by atoms with Gasteiger partial charge in [-0.1, -0.05) is 54.6 Å². The first kappa shape index (κ1) is 27.2. The molecule has 0 aromatic heterocycles. The highest BCUT2D eigenvalue weighted by atomic mass is 16.3. The van der Waals surface area contributed by atoms with Gasteiger partial charge < -0.3 is 30.8 Å². The Labute approximate surface area is 196 Å². The van der Waals surface area contributed by atoms with Crippen molar-refractivity contribution in [3.8, 4) is 0 Å². The van der Waals surface area contributed by atoms with E-state index >= 15 is 0 Å². The highest BCUT2D eigenvalue weighted by Gasteiger charge is 2.39. The molecule has 1 aromatic carbocycles. The molecule has 6 N–H and O–H groups in total. The van der Waals surface area contributed by atoms with Crippen molar-refractivity contribution in [2.24, 2.45) is 11.8 Å². The van der Waals surface area contributed by atoms with Gasteiger partial charge >= 0.3 is 0 Å². The molecule has 0 unspecified atom stereocenters. The molecule has 0 aliphatic heterocycles. The summed E-state index contributed by atoms with van der Waals surface area (Å²) < 4.78 is 0. The Bertz CT molecular complexity index is 734. The van der Waals surface area contributed by atoms with Gasteiger partial charge in [0.15, 0.2) is 0 Å². The lowest BCUT2D eigenvalue weighted by molar-refractivity contribution is -0.122. The number of hydrogen-bond donors (Lipinski definition) is 6. The monoisotopic (exact) mass is 461 g/mol. The second-order valence-electron chi connectivity index (χ2n) is 8.82. The molecular weight excluding hydrogens is 422 g/mol. The minimum atomic E-state index is -0.634. The Hall–Kier alpha value is -2.03. The number of hydrogen-bond acceptors (Lipinski definition) is 6. The third kappa shape index (κ3) is 9.78. The van der Waals surface area contributed by atoms with E-state index in [1.165, 1.54) is 5.56 Å².